The molecule has 0 unspecified atom stereocenters. The van der Waals surface area contributed by atoms with Crippen molar-refractivity contribution in [2.45, 2.75) is 20.3 Å². The van der Waals surface area contributed by atoms with E-state index in [9.17, 15) is 9.59 Å². The summed E-state index contributed by atoms with van der Waals surface area (Å²) in [6.07, 6.45) is 0.738. The first-order valence-electron chi connectivity index (χ1n) is 5.73. The number of carbonyl (C=O) groups is 2. The lowest BCUT2D eigenvalue weighted by Gasteiger charge is -2.21. The second-order valence-corrected chi connectivity index (χ2v) is 5.20. The Morgan fingerprint density at radius 1 is 1.39 bits per heavy atom. The maximum atomic E-state index is 12.3. The van der Waals surface area contributed by atoms with E-state index in [2.05, 4.69) is 22.6 Å². The minimum atomic E-state index is -0.986. The zero-order valence-corrected chi connectivity index (χ0v) is 12.6. The van der Waals surface area contributed by atoms with E-state index >= 15 is 0 Å². The van der Waals surface area contributed by atoms with Gasteiger partial charge in [-0.2, -0.15) is 0 Å². The molecule has 0 aliphatic heterocycles. The van der Waals surface area contributed by atoms with Crippen LogP contribution in [0, 0.1) is 10.5 Å². The maximum absolute atomic E-state index is 12.3. The van der Waals surface area contributed by atoms with Crippen LogP contribution in [0.4, 0.5) is 0 Å². The average molecular weight is 361 g/mol. The van der Waals surface area contributed by atoms with E-state index < -0.39 is 5.97 Å². The van der Waals surface area contributed by atoms with Gasteiger partial charge in [0.05, 0.1) is 0 Å². The van der Waals surface area contributed by atoms with Gasteiger partial charge in [0.2, 0.25) is 0 Å². The summed E-state index contributed by atoms with van der Waals surface area (Å²) in [6, 6.07) is 5.48. The second kappa shape index (κ2) is 6.72. The van der Waals surface area contributed by atoms with Crippen molar-refractivity contribution in [2.24, 2.45) is 0 Å². The molecule has 1 N–H and O–H groups in total. The Morgan fingerprint density at radius 2 is 2.06 bits per heavy atom. The van der Waals surface area contributed by atoms with Gasteiger partial charge in [-0.1, -0.05) is 13.0 Å². The molecular weight excluding hydrogens is 345 g/mol. The maximum Gasteiger partial charge on any atom is 0.323 e. The third kappa shape index (κ3) is 3.69. The molecular formula is C13H16INO3. The molecule has 0 atom stereocenters. The second-order valence-electron chi connectivity index (χ2n) is 4.03. The molecule has 0 spiro atoms. The van der Waals surface area contributed by atoms with Crippen LogP contribution in [0.15, 0.2) is 18.2 Å². The van der Waals surface area contributed by atoms with Crippen LogP contribution in [0.2, 0.25) is 0 Å². The van der Waals surface area contributed by atoms with Crippen LogP contribution in [0.5, 0.6) is 0 Å². The highest BCUT2D eigenvalue weighted by Gasteiger charge is 2.19. The Balaban J connectivity index is 3.01. The highest BCUT2D eigenvalue weighted by molar-refractivity contribution is 14.1. The number of nitrogens with zero attached hydrogens (tertiary/aromatic N) is 1. The predicted octanol–water partition coefficient (Wildman–Crippen LogP) is 2.54. The van der Waals surface area contributed by atoms with Gasteiger partial charge in [0.25, 0.3) is 5.91 Å². The molecule has 1 aromatic carbocycles. The Labute approximate surface area is 120 Å². The third-order valence-electron chi connectivity index (χ3n) is 2.60. The summed E-state index contributed by atoms with van der Waals surface area (Å²) in [6.45, 7) is 4.00. The molecule has 0 aliphatic rings. The molecule has 4 nitrogen and oxygen atoms in total. The molecule has 1 aromatic rings. The van der Waals surface area contributed by atoms with Crippen LogP contribution in [0.3, 0.4) is 0 Å². The fourth-order valence-electron chi connectivity index (χ4n) is 1.70. The minimum Gasteiger partial charge on any atom is -0.480 e. The van der Waals surface area contributed by atoms with Crippen LogP contribution >= 0.6 is 22.6 Å². The summed E-state index contributed by atoms with van der Waals surface area (Å²) in [5.41, 5.74) is 1.48. The van der Waals surface area contributed by atoms with Gasteiger partial charge in [-0.25, -0.2) is 0 Å². The number of halogens is 1. The number of hydrogen-bond acceptors (Lipinski definition) is 2. The summed E-state index contributed by atoms with van der Waals surface area (Å²) < 4.78 is 1.00. The van der Waals surface area contributed by atoms with E-state index in [1.807, 2.05) is 26.0 Å². The Bertz CT molecular complexity index is 460. The number of carboxylic acid groups (broad SMARTS) is 1. The molecule has 0 heterocycles. The molecule has 1 rings (SSSR count). The average Bonchev–Trinajstić information content (AvgIpc) is 2.31. The van der Waals surface area contributed by atoms with Crippen molar-refractivity contribution in [2.75, 3.05) is 13.1 Å². The fourth-order valence-corrected chi connectivity index (χ4v) is 2.19. The van der Waals surface area contributed by atoms with E-state index in [-0.39, 0.29) is 12.5 Å². The number of benzene rings is 1. The van der Waals surface area contributed by atoms with Gasteiger partial charge in [-0.15, -0.1) is 0 Å². The summed E-state index contributed by atoms with van der Waals surface area (Å²) in [5, 5.41) is 8.83. The lowest BCUT2D eigenvalue weighted by molar-refractivity contribution is -0.137. The van der Waals surface area contributed by atoms with Gasteiger partial charge >= 0.3 is 5.97 Å². The van der Waals surface area contributed by atoms with Gasteiger partial charge in [0.15, 0.2) is 0 Å². The summed E-state index contributed by atoms with van der Waals surface area (Å²) in [4.78, 5) is 24.5. The van der Waals surface area contributed by atoms with Crippen LogP contribution in [-0.4, -0.2) is 35.0 Å². The Morgan fingerprint density at radius 3 is 2.61 bits per heavy atom. The lowest BCUT2D eigenvalue weighted by atomic mass is 10.1. The predicted molar refractivity (Wildman–Crippen MR) is 77.7 cm³/mol. The monoisotopic (exact) mass is 361 g/mol. The van der Waals surface area contributed by atoms with Crippen molar-refractivity contribution in [3.8, 4) is 0 Å². The number of amides is 1. The SMILES string of the molecule is CCCN(CC(=O)O)C(=O)c1cccc(I)c1C. The number of hydrogen-bond donors (Lipinski definition) is 1. The minimum absolute atomic E-state index is 0.213. The highest BCUT2D eigenvalue weighted by atomic mass is 127. The first kappa shape index (κ1) is 14.9. The third-order valence-corrected chi connectivity index (χ3v) is 3.77. The van der Waals surface area contributed by atoms with Gasteiger partial charge in [-0.3, -0.25) is 9.59 Å². The summed E-state index contributed by atoms with van der Waals surface area (Å²) in [7, 11) is 0. The zero-order chi connectivity index (χ0) is 13.7. The Hall–Kier alpha value is -1.11. The standard InChI is InChI=1S/C13H16INO3/c1-3-7-15(8-12(16)17)13(18)10-5-4-6-11(14)9(10)2/h4-6H,3,7-8H2,1-2H3,(H,16,17). The van der Waals surface area contributed by atoms with Gasteiger partial charge in [-0.05, 0) is 53.6 Å². The van der Waals surface area contributed by atoms with Crippen LogP contribution < -0.4 is 0 Å². The Kier molecular flexibility index (Phi) is 5.58. The van der Waals surface area contributed by atoms with Gasteiger partial charge < -0.3 is 10.0 Å². The largest absolute Gasteiger partial charge is 0.480 e. The zero-order valence-electron chi connectivity index (χ0n) is 10.4. The molecule has 0 saturated carbocycles. The molecule has 0 saturated heterocycles. The van der Waals surface area contributed by atoms with Crippen LogP contribution in [-0.2, 0) is 4.79 Å². The first-order chi connectivity index (χ1) is 8.47. The summed E-state index contributed by atoms with van der Waals surface area (Å²) in [5.74, 6) is -1.20. The van der Waals surface area contributed by atoms with Crippen LogP contribution in [0.1, 0.15) is 29.3 Å². The van der Waals surface area contributed by atoms with E-state index in [4.69, 9.17) is 5.11 Å². The molecule has 5 heteroatoms. The molecule has 0 aromatic heterocycles. The first-order valence-corrected chi connectivity index (χ1v) is 6.81. The molecule has 0 bridgehead atoms. The van der Waals surface area contributed by atoms with Crippen molar-refractivity contribution in [1.29, 1.82) is 0 Å². The van der Waals surface area contributed by atoms with E-state index in [0.717, 1.165) is 15.6 Å². The molecule has 0 aliphatic carbocycles. The van der Waals surface area contributed by atoms with E-state index in [1.54, 1.807) is 6.07 Å². The summed E-state index contributed by atoms with van der Waals surface area (Å²) >= 11 is 2.17. The van der Waals surface area contributed by atoms with E-state index in [1.165, 1.54) is 4.90 Å². The fraction of sp³-hybridized carbons (Fsp3) is 0.385. The van der Waals surface area contributed by atoms with Crippen LogP contribution in [0.25, 0.3) is 0 Å². The number of rotatable bonds is 5. The van der Waals surface area contributed by atoms with Crippen molar-refractivity contribution in [3.05, 3.63) is 32.9 Å². The molecule has 98 valence electrons. The molecule has 18 heavy (non-hydrogen) atoms. The smallest absolute Gasteiger partial charge is 0.323 e. The molecule has 0 fully saturated rings. The quantitative estimate of drug-likeness (QED) is 0.820. The van der Waals surface area contributed by atoms with E-state index in [0.29, 0.717) is 12.1 Å². The van der Waals surface area contributed by atoms with Gasteiger partial charge in [0, 0.05) is 15.7 Å². The number of carbonyl (C=O) groups excluding carboxylic acids is 1. The molecule has 1 amide bonds. The topological polar surface area (TPSA) is 57.6 Å². The number of carboxylic acids is 1. The lowest BCUT2D eigenvalue weighted by Crippen LogP contribution is -2.36. The van der Waals surface area contributed by atoms with Gasteiger partial charge in [0.1, 0.15) is 6.54 Å². The molecule has 0 radical (unpaired) electrons. The van der Waals surface area contributed by atoms with Crippen molar-refractivity contribution < 1.29 is 14.7 Å². The normalized spacial score (nSPS) is 10.2. The van der Waals surface area contributed by atoms with Crippen molar-refractivity contribution in [3.63, 3.8) is 0 Å². The van der Waals surface area contributed by atoms with Crippen molar-refractivity contribution >= 4 is 34.5 Å². The van der Waals surface area contributed by atoms with Crippen molar-refractivity contribution in [1.82, 2.24) is 4.90 Å². The highest BCUT2D eigenvalue weighted by Crippen LogP contribution is 2.17. The number of aliphatic carboxylic acids is 1.